The Labute approximate surface area is 139 Å². The lowest BCUT2D eigenvalue weighted by atomic mass is 9.82. The van der Waals surface area contributed by atoms with E-state index in [-0.39, 0.29) is 6.61 Å². The molecular formula is C15H11ClF4N2O2. The van der Waals surface area contributed by atoms with E-state index >= 15 is 0 Å². The zero-order valence-electron chi connectivity index (χ0n) is 12.0. The van der Waals surface area contributed by atoms with Crippen LogP contribution in [-0.2, 0) is 5.54 Å². The number of fused-ring (bicyclic) bond motifs is 1. The molecule has 0 spiro atoms. The molecule has 1 unspecified atom stereocenters. The van der Waals surface area contributed by atoms with E-state index in [0.29, 0.717) is 23.4 Å². The van der Waals surface area contributed by atoms with Crippen LogP contribution in [0.15, 0.2) is 36.5 Å². The first-order valence-electron chi connectivity index (χ1n) is 6.87. The van der Waals surface area contributed by atoms with Crippen LogP contribution in [0.3, 0.4) is 0 Å². The molecular weight excluding hydrogens is 352 g/mol. The van der Waals surface area contributed by atoms with E-state index in [4.69, 9.17) is 16.5 Å². The molecule has 0 aliphatic carbocycles. The van der Waals surface area contributed by atoms with Crippen LogP contribution < -0.4 is 14.3 Å². The van der Waals surface area contributed by atoms with Crippen molar-refractivity contribution in [3.05, 3.63) is 53.6 Å². The fourth-order valence-electron chi connectivity index (χ4n) is 2.66. The standard InChI is InChI=1S/C15H11ClF4N2O2/c16-22-14(5-7-23-12-2-1-6-21-13(12)14)9-3-4-11(10(17)8-9)24-15(18,19)20/h1-4,6,8,22H,5,7H2. The highest BCUT2D eigenvalue weighted by Crippen LogP contribution is 2.42. The summed E-state index contributed by atoms with van der Waals surface area (Å²) in [6, 6.07) is 6.52. The van der Waals surface area contributed by atoms with Gasteiger partial charge in [-0.3, -0.25) is 4.98 Å². The molecule has 24 heavy (non-hydrogen) atoms. The van der Waals surface area contributed by atoms with Crippen molar-refractivity contribution in [2.24, 2.45) is 0 Å². The number of pyridine rings is 1. The maximum atomic E-state index is 14.1. The minimum atomic E-state index is -4.97. The molecule has 4 nitrogen and oxygen atoms in total. The highest BCUT2D eigenvalue weighted by molar-refractivity contribution is 6.14. The Morgan fingerprint density at radius 1 is 1.29 bits per heavy atom. The van der Waals surface area contributed by atoms with Gasteiger partial charge in [-0.15, -0.1) is 13.2 Å². The van der Waals surface area contributed by atoms with Gasteiger partial charge in [-0.25, -0.2) is 9.23 Å². The molecule has 0 bridgehead atoms. The van der Waals surface area contributed by atoms with Crippen molar-refractivity contribution < 1.29 is 27.0 Å². The maximum Gasteiger partial charge on any atom is 0.573 e. The van der Waals surface area contributed by atoms with Gasteiger partial charge >= 0.3 is 6.36 Å². The number of hydrogen-bond acceptors (Lipinski definition) is 4. The van der Waals surface area contributed by atoms with Gasteiger partial charge in [0, 0.05) is 12.6 Å². The second kappa shape index (κ2) is 6.10. The zero-order valence-corrected chi connectivity index (χ0v) is 12.8. The molecule has 0 saturated heterocycles. The van der Waals surface area contributed by atoms with E-state index in [1.54, 1.807) is 12.1 Å². The number of aromatic nitrogens is 1. The molecule has 2 aromatic rings. The average molecular weight is 363 g/mol. The topological polar surface area (TPSA) is 43.4 Å². The summed E-state index contributed by atoms with van der Waals surface area (Å²) in [5, 5.41) is 0. The van der Waals surface area contributed by atoms with E-state index in [9.17, 15) is 17.6 Å². The van der Waals surface area contributed by atoms with Crippen LogP contribution in [0.1, 0.15) is 17.7 Å². The van der Waals surface area contributed by atoms with Gasteiger partial charge in [0.2, 0.25) is 0 Å². The van der Waals surface area contributed by atoms with Gasteiger partial charge in [0.25, 0.3) is 0 Å². The molecule has 128 valence electrons. The fraction of sp³-hybridized carbons (Fsp3) is 0.267. The number of nitrogens with zero attached hydrogens (tertiary/aromatic N) is 1. The second-order valence-electron chi connectivity index (χ2n) is 5.14. The third-order valence-electron chi connectivity index (χ3n) is 3.72. The van der Waals surface area contributed by atoms with Crippen molar-refractivity contribution in [3.63, 3.8) is 0 Å². The molecule has 1 aromatic carbocycles. The largest absolute Gasteiger partial charge is 0.573 e. The molecule has 1 atom stereocenters. The van der Waals surface area contributed by atoms with Crippen molar-refractivity contribution in [1.29, 1.82) is 0 Å². The number of alkyl halides is 3. The summed E-state index contributed by atoms with van der Waals surface area (Å²) in [4.78, 5) is 6.81. The van der Waals surface area contributed by atoms with Gasteiger partial charge in [0.05, 0.1) is 6.61 Å². The van der Waals surface area contributed by atoms with Crippen LogP contribution in [-0.4, -0.2) is 18.0 Å². The maximum absolute atomic E-state index is 14.1. The van der Waals surface area contributed by atoms with Gasteiger partial charge in [-0.2, -0.15) is 0 Å². The predicted molar refractivity (Wildman–Crippen MR) is 77.2 cm³/mol. The molecule has 9 heteroatoms. The van der Waals surface area contributed by atoms with Gasteiger partial charge < -0.3 is 9.47 Å². The Morgan fingerprint density at radius 3 is 2.75 bits per heavy atom. The highest BCUT2D eigenvalue weighted by atomic mass is 35.5. The van der Waals surface area contributed by atoms with Crippen LogP contribution >= 0.6 is 11.8 Å². The highest BCUT2D eigenvalue weighted by Gasteiger charge is 2.41. The lowest BCUT2D eigenvalue weighted by Crippen LogP contribution is -2.43. The molecule has 0 saturated carbocycles. The van der Waals surface area contributed by atoms with Gasteiger partial charge in [0.1, 0.15) is 17.0 Å². The Kier molecular flexibility index (Phi) is 4.27. The third kappa shape index (κ3) is 2.99. The van der Waals surface area contributed by atoms with Crippen molar-refractivity contribution in [1.82, 2.24) is 9.82 Å². The molecule has 1 N–H and O–H groups in total. The van der Waals surface area contributed by atoms with E-state index in [1.165, 1.54) is 12.3 Å². The molecule has 1 aromatic heterocycles. The Bertz CT molecular complexity index is 756. The summed E-state index contributed by atoms with van der Waals surface area (Å²) in [5.74, 6) is -1.60. The molecule has 2 heterocycles. The Morgan fingerprint density at radius 2 is 2.08 bits per heavy atom. The van der Waals surface area contributed by atoms with Crippen LogP contribution in [0.5, 0.6) is 11.5 Å². The molecule has 1 aliphatic rings. The van der Waals surface area contributed by atoms with E-state index < -0.39 is 23.5 Å². The summed E-state index contributed by atoms with van der Waals surface area (Å²) >= 11 is 5.92. The Balaban J connectivity index is 2.06. The number of benzene rings is 1. The molecule has 0 fully saturated rings. The summed E-state index contributed by atoms with van der Waals surface area (Å²) < 4.78 is 60.0. The van der Waals surface area contributed by atoms with E-state index in [0.717, 1.165) is 12.1 Å². The molecule has 1 aliphatic heterocycles. The Hall–Kier alpha value is -2.06. The molecule has 0 amide bonds. The van der Waals surface area contributed by atoms with Gasteiger partial charge in [-0.05, 0) is 41.6 Å². The summed E-state index contributed by atoms with van der Waals surface area (Å²) in [6.07, 6.45) is -3.13. The van der Waals surface area contributed by atoms with Crippen molar-refractivity contribution in [2.45, 2.75) is 18.3 Å². The normalized spacial score (nSPS) is 20.2. The summed E-state index contributed by atoms with van der Waals surface area (Å²) in [6.45, 7) is 0.279. The number of hydrogen-bond donors (Lipinski definition) is 1. The number of ether oxygens (including phenoxy) is 2. The first-order valence-corrected chi connectivity index (χ1v) is 7.25. The van der Waals surface area contributed by atoms with Crippen molar-refractivity contribution in [3.8, 4) is 11.5 Å². The second-order valence-corrected chi connectivity index (χ2v) is 5.33. The third-order valence-corrected chi connectivity index (χ3v) is 4.04. The number of halogens is 5. The van der Waals surface area contributed by atoms with Crippen LogP contribution in [0, 0.1) is 5.82 Å². The number of nitrogens with one attached hydrogen (secondary N) is 1. The van der Waals surface area contributed by atoms with E-state index in [1.807, 2.05) is 0 Å². The molecule has 3 rings (SSSR count). The lowest BCUT2D eigenvalue weighted by Gasteiger charge is -2.36. The minimum Gasteiger partial charge on any atom is -0.491 e. The summed E-state index contributed by atoms with van der Waals surface area (Å²) in [5.41, 5.74) is -0.350. The van der Waals surface area contributed by atoms with Crippen LogP contribution in [0.2, 0.25) is 0 Å². The smallest absolute Gasteiger partial charge is 0.491 e. The quantitative estimate of drug-likeness (QED) is 0.664. The monoisotopic (exact) mass is 362 g/mol. The summed E-state index contributed by atoms with van der Waals surface area (Å²) in [7, 11) is 0. The van der Waals surface area contributed by atoms with Crippen molar-refractivity contribution in [2.75, 3.05) is 6.61 Å². The van der Waals surface area contributed by atoms with Gasteiger partial charge in [0.15, 0.2) is 11.6 Å². The average Bonchev–Trinajstić information content (AvgIpc) is 2.55. The zero-order chi connectivity index (χ0) is 17.4. The lowest BCUT2D eigenvalue weighted by molar-refractivity contribution is -0.275. The first kappa shape index (κ1) is 16.8. The molecule has 0 radical (unpaired) electrons. The minimum absolute atomic E-state index is 0.279. The van der Waals surface area contributed by atoms with Gasteiger partial charge in [-0.1, -0.05) is 6.07 Å². The fourth-order valence-corrected chi connectivity index (χ4v) is 2.95. The van der Waals surface area contributed by atoms with Crippen molar-refractivity contribution >= 4 is 11.8 Å². The van der Waals surface area contributed by atoms with Crippen LogP contribution in [0.25, 0.3) is 0 Å². The SMILES string of the molecule is Fc1cc(C2(NCl)CCOc3cccnc32)ccc1OC(F)(F)F. The number of rotatable bonds is 3. The first-order chi connectivity index (χ1) is 11.4. The predicted octanol–water partition coefficient (Wildman–Crippen LogP) is 3.89. The van der Waals surface area contributed by atoms with E-state index in [2.05, 4.69) is 14.6 Å². The van der Waals surface area contributed by atoms with Crippen LogP contribution in [0.4, 0.5) is 17.6 Å².